The Balaban J connectivity index is 1.55. The van der Waals surface area contributed by atoms with Crippen LogP contribution >= 0.6 is 0 Å². The predicted octanol–water partition coefficient (Wildman–Crippen LogP) is 1.43. The van der Waals surface area contributed by atoms with E-state index in [0.717, 1.165) is 19.3 Å². The lowest BCUT2D eigenvalue weighted by Gasteiger charge is -2.20. The molecule has 0 aromatic carbocycles. The van der Waals surface area contributed by atoms with Crippen molar-refractivity contribution >= 4 is 5.91 Å². The maximum atomic E-state index is 12.3. The molecule has 1 aromatic rings. The monoisotopic (exact) mass is 321 g/mol. The predicted molar refractivity (Wildman–Crippen MR) is 81.4 cm³/mol. The Kier molecular flexibility index (Phi) is 4.66. The van der Waals surface area contributed by atoms with Gasteiger partial charge in [-0.25, -0.2) is 0 Å². The number of hydrogen-bond donors (Lipinski definition) is 2. The zero-order valence-corrected chi connectivity index (χ0v) is 13.5. The molecule has 0 bridgehead atoms. The second-order valence-corrected chi connectivity index (χ2v) is 6.37. The highest BCUT2D eigenvalue weighted by atomic mass is 16.5. The van der Waals surface area contributed by atoms with Crippen LogP contribution in [0.15, 0.2) is 15.9 Å². The van der Waals surface area contributed by atoms with E-state index in [-0.39, 0.29) is 17.7 Å². The molecule has 23 heavy (non-hydrogen) atoms. The number of allylic oxidation sites excluding steroid dienone is 1. The third-order valence-corrected chi connectivity index (χ3v) is 4.66. The van der Waals surface area contributed by atoms with Crippen LogP contribution in [0.2, 0.25) is 0 Å². The molecular weight excluding hydrogens is 298 g/mol. The van der Waals surface area contributed by atoms with Gasteiger partial charge in [0, 0.05) is 18.4 Å². The zero-order chi connectivity index (χ0) is 16.4. The molecule has 0 unspecified atom stereocenters. The number of nitrogens with zero attached hydrogens (tertiary/aromatic N) is 2. The van der Waals surface area contributed by atoms with Gasteiger partial charge in [-0.05, 0) is 39.5 Å². The Morgan fingerprint density at radius 2 is 2.22 bits per heavy atom. The number of amides is 1. The lowest BCUT2D eigenvalue weighted by atomic mass is 10.0. The van der Waals surface area contributed by atoms with Gasteiger partial charge >= 0.3 is 0 Å². The Hall–Kier alpha value is -1.89. The first-order chi connectivity index (χ1) is 11.0. The van der Waals surface area contributed by atoms with Gasteiger partial charge in [-0.2, -0.15) is 4.98 Å². The van der Waals surface area contributed by atoms with E-state index in [0.29, 0.717) is 42.6 Å². The van der Waals surface area contributed by atoms with Gasteiger partial charge in [0.05, 0.1) is 18.3 Å². The molecule has 1 aliphatic carbocycles. The largest absolute Gasteiger partial charge is 0.498 e. The normalized spacial score (nSPS) is 27.9. The summed E-state index contributed by atoms with van der Waals surface area (Å²) in [7, 11) is 0. The van der Waals surface area contributed by atoms with E-state index >= 15 is 0 Å². The number of carbonyl (C=O) groups excluding carboxylic acids is 1. The quantitative estimate of drug-likeness (QED) is 0.871. The van der Waals surface area contributed by atoms with Crippen LogP contribution in [0.5, 0.6) is 0 Å². The highest BCUT2D eigenvalue weighted by Gasteiger charge is 2.37. The minimum Gasteiger partial charge on any atom is -0.498 e. The van der Waals surface area contributed by atoms with Crippen molar-refractivity contribution in [1.82, 2.24) is 15.5 Å². The fraction of sp³-hybridized carbons (Fsp3) is 0.688. The molecule has 7 nitrogen and oxygen atoms in total. The summed E-state index contributed by atoms with van der Waals surface area (Å²) in [6, 6.07) is 0. The minimum absolute atomic E-state index is 0.00145. The smallest absolute Gasteiger partial charge is 0.250 e. The van der Waals surface area contributed by atoms with Gasteiger partial charge in [-0.3, -0.25) is 4.79 Å². The second kappa shape index (κ2) is 6.70. The van der Waals surface area contributed by atoms with Crippen molar-refractivity contribution in [1.29, 1.82) is 0 Å². The van der Waals surface area contributed by atoms with Gasteiger partial charge in [0.15, 0.2) is 5.82 Å². The fourth-order valence-electron chi connectivity index (χ4n) is 3.34. The number of nitrogens with one attached hydrogen (secondary N) is 1. The van der Waals surface area contributed by atoms with E-state index in [1.807, 2.05) is 6.92 Å². The summed E-state index contributed by atoms with van der Waals surface area (Å²) in [4.78, 5) is 16.5. The first-order valence-electron chi connectivity index (χ1n) is 8.13. The van der Waals surface area contributed by atoms with Crippen molar-refractivity contribution < 1.29 is 19.2 Å². The van der Waals surface area contributed by atoms with Crippen molar-refractivity contribution in [3.8, 4) is 0 Å². The van der Waals surface area contributed by atoms with Crippen LogP contribution in [-0.2, 0) is 9.53 Å². The average Bonchev–Trinajstić information content (AvgIpc) is 3.11. The number of ether oxygens (including phenoxy) is 1. The number of aliphatic hydroxyl groups is 1. The van der Waals surface area contributed by atoms with Crippen molar-refractivity contribution in [3.05, 3.63) is 23.0 Å². The molecule has 126 valence electrons. The Morgan fingerprint density at radius 3 is 2.91 bits per heavy atom. The summed E-state index contributed by atoms with van der Waals surface area (Å²) in [6.07, 6.45) is 2.47. The van der Waals surface area contributed by atoms with Crippen LogP contribution < -0.4 is 5.32 Å². The van der Waals surface area contributed by atoms with Gasteiger partial charge in [-0.15, -0.1) is 0 Å². The molecule has 1 aliphatic heterocycles. The molecular formula is C16H23N3O4. The molecule has 1 aromatic heterocycles. The lowest BCUT2D eigenvalue weighted by Crippen LogP contribution is -2.34. The van der Waals surface area contributed by atoms with E-state index in [1.54, 1.807) is 6.92 Å². The van der Waals surface area contributed by atoms with Crippen LogP contribution in [-0.4, -0.2) is 40.4 Å². The molecule has 2 heterocycles. The van der Waals surface area contributed by atoms with Gasteiger partial charge in [0.25, 0.3) is 5.91 Å². The number of aromatic nitrogens is 2. The molecule has 7 heteroatoms. The molecule has 3 rings (SSSR count). The fourth-order valence-corrected chi connectivity index (χ4v) is 3.34. The van der Waals surface area contributed by atoms with Crippen molar-refractivity contribution in [2.45, 2.75) is 51.6 Å². The molecule has 3 atom stereocenters. The summed E-state index contributed by atoms with van der Waals surface area (Å²) in [5.74, 6) is 1.86. The highest BCUT2D eigenvalue weighted by molar-refractivity contribution is 5.93. The summed E-state index contributed by atoms with van der Waals surface area (Å²) < 4.78 is 10.6. The molecule has 0 spiro atoms. The van der Waals surface area contributed by atoms with Crippen LogP contribution in [0.1, 0.15) is 50.2 Å². The Bertz CT molecular complexity index is 610. The summed E-state index contributed by atoms with van der Waals surface area (Å²) in [5.41, 5.74) is 0.716. The zero-order valence-electron chi connectivity index (χ0n) is 13.5. The standard InChI is InChI=1S/C16H23N3O4/c1-9-13(4-3-5-22-9)15(21)17-8-12-6-11(7-14(12)20)16-18-10(2)19-23-16/h11-12,14,20H,3-8H2,1-2H3,(H,17,21)/t11-,12+,14+/m0/s1. The van der Waals surface area contributed by atoms with Crippen molar-refractivity contribution in [2.24, 2.45) is 5.92 Å². The minimum atomic E-state index is -0.467. The molecule has 1 fully saturated rings. The number of aliphatic hydroxyl groups excluding tert-OH is 1. The summed E-state index contributed by atoms with van der Waals surface area (Å²) in [6.45, 7) is 4.72. The SMILES string of the molecule is CC1=C(C(=O)NC[C@H]2C[C@H](c3nc(C)no3)C[C@H]2O)CCCO1. The maximum Gasteiger partial charge on any atom is 0.250 e. The van der Waals surface area contributed by atoms with Crippen LogP contribution in [0, 0.1) is 12.8 Å². The molecule has 2 aliphatic rings. The first-order valence-corrected chi connectivity index (χ1v) is 8.13. The number of rotatable bonds is 4. The second-order valence-electron chi connectivity index (χ2n) is 6.37. The molecule has 2 N–H and O–H groups in total. The van der Waals surface area contributed by atoms with Crippen LogP contribution in [0.4, 0.5) is 0 Å². The Morgan fingerprint density at radius 1 is 1.39 bits per heavy atom. The van der Waals surface area contributed by atoms with Crippen molar-refractivity contribution in [2.75, 3.05) is 13.2 Å². The van der Waals surface area contributed by atoms with Crippen molar-refractivity contribution in [3.63, 3.8) is 0 Å². The average molecular weight is 321 g/mol. The van der Waals surface area contributed by atoms with E-state index in [1.165, 1.54) is 0 Å². The molecule has 1 amide bonds. The molecule has 0 radical (unpaired) electrons. The van der Waals surface area contributed by atoms with E-state index < -0.39 is 6.10 Å². The first kappa shape index (κ1) is 16.0. The topological polar surface area (TPSA) is 97.5 Å². The van der Waals surface area contributed by atoms with E-state index in [4.69, 9.17) is 9.26 Å². The highest BCUT2D eigenvalue weighted by Crippen LogP contribution is 2.37. The maximum absolute atomic E-state index is 12.3. The van der Waals surface area contributed by atoms with Gasteiger partial charge in [0.1, 0.15) is 5.76 Å². The summed E-state index contributed by atoms with van der Waals surface area (Å²) in [5, 5.41) is 17.0. The number of carbonyl (C=O) groups is 1. The van der Waals surface area contributed by atoms with E-state index in [9.17, 15) is 9.90 Å². The number of hydrogen-bond acceptors (Lipinski definition) is 6. The van der Waals surface area contributed by atoms with Crippen LogP contribution in [0.3, 0.4) is 0 Å². The van der Waals surface area contributed by atoms with Gasteiger partial charge < -0.3 is 19.7 Å². The van der Waals surface area contributed by atoms with Gasteiger partial charge in [-0.1, -0.05) is 5.16 Å². The van der Waals surface area contributed by atoms with E-state index in [2.05, 4.69) is 15.5 Å². The molecule has 1 saturated carbocycles. The molecule has 0 saturated heterocycles. The third-order valence-electron chi connectivity index (χ3n) is 4.66. The number of aryl methyl sites for hydroxylation is 1. The lowest BCUT2D eigenvalue weighted by molar-refractivity contribution is -0.118. The summed E-state index contributed by atoms with van der Waals surface area (Å²) >= 11 is 0. The van der Waals surface area contributed by atoms with Gasteiger partial charge in [0.2, 0.25) is 5.89 Å². The Labute approximate surface area is 135 Å². The van der Waals surface area contributed by atoms with Crippen LogP contribution in [0.25, 0.3) is 0 Å². The third kappa shape index (κ3) is 3.55.